The van der Waals surface area contributed by atoms with Gasteiger partial charge in [0, 0.05) is 17.7 Å². The summed E-state index contributed by atoms with van der Waals surface area (Å²) < 4.78 is 5.05. The predicted molar refractivity (Wildman–Crippen MR) is 91.7 cm³/mol. The number of hydrogen-bond donors (Lipinski definition) is 0. The summed E-state index contributed by atoms with van der Waals surface area (Å²) in [5.41, 5.74) is 0. The quantitative estimate of drug-likeness (QED) is 0.390. The Morgan fingerprint density at radius 1 is 1.27 bits per heavy atom. The lowest BCUT2D eigenvalue weighted by atomic mass is 9.96. The molecule has 1 aliphatic rings. The molecule has 3 heteroatoms. The van der Waals surface area contributed by atoms with Crippen molar-refractivity contribution in [2.45, 2.75) is 67.6 Å². The van der Waals surface area contributed by atoms with Crippen LogP contribution >= 0.6 is 11.8 Å². The Hall–Kier alpha value is -1.40. The molecule has 0 N–H and O–H groups in total. The van der Waals surface area contributed by atoms with Crippen LogP contribution in [0.3, 0.4) is 0 Å². The van der Waals surface area contributed by atoms with Crippen LogP contribution in [-0.4, -0.2) is 16.8 Å². The number of rotatable bonds is 8. The number of unbranched alkanes of at least 4 members (excludes halogenated alkanes) is 4. The summed E-state index contributed by atoms with van der Waals surface area (Å²) in [5, 5.41) is 0. The molecule has 1 saturated heterocycles. The van der Waals surface area contributed by atoms with Crippen molar-refractivity contribution in [3.8, 4) is 12.3 Å². The number of hydrogen-bond acceptors (Lipinski definition) is 3. The molecule has 0 radical (unpaired) electrons. The summed E-state index contributed by atoms with van der Waals surface area (Å²) in [4.78, 5) is 13.5. The van der Waals surface area contributed by atoms with Crippen LogP contribution in [0.1, 0.15) is 51.9 Å². The van der Waals surface area contributed by atoms with Crippen LogP contribution in [0.2, 0.25) is 0 Å². The lowest BCUT2D eigenvalue weighted by Gasteiger charge is -2.24. The fourth-order valence-corrected chi connectivity index (χ4v) is 4.36. The predicted octanol–water partition coefficient (Wildman–Crippen LogP) is 4.83. The fourth-order valence-electron chi connectivity index (χ4n) is 2.92. The van der Waals surface area contributed by atoms with E-state index in [9.17, 15) is 4.79 Å². The van der Waals surface area contributed by atoms with E-state index in [0.717, 1.165) is 49.8 Å². The molecule has 1 heterocycles. The molecule has 0 aromatic heterocycles. The topological polar surface area (TPSA) is 26.3 Å². The van der Waals surface area contributed by atoms with E-state index in [1.165, 1.54) is 0 Å². The first-order chi connectivity index (χ1) is 10.7. The Kier molecular flexibility index (Phi) is 6.39. The third kappa shape index (κ3) is 4.55. The second-order valence-electron chi connectivity index (χ2n) is 5.95. The third-order valence-electron chi connectivity index (χ3n) is 4.01. The Balaban J connectivity index is 1.95. The minimum absolute atomic E-state index is 0.0187. The van der Waals surface area contributed by atoms with Crippen molar-refractivity contribution < 1.29 is 9.53 Å². The second kappa shape index (κ2) is 8.29. The number of ether oxygens (including phenoxy) is 1. The summed E-state index contributed by atoms with van der Waals surface area (Å²) in [7, 11) is 0. The molecule has 2 atom stereocenters. The SMILES string of the molecule is C#CCCCCCC[C@@]1(Sc2ccccc2)C[C@H](C)OC1=O. The number of esters is 1. The van der Waals surface area contributed by atoms with Gasteiger partial charge in [0.1, 0.15) is 10.9 Å². The maximum absolute atomic E-state index is 12.4. The lowest BCUT2D eigenvalue weighted by Crippen LogP contribution is -2.30. The number of carbonyl (C=O) groups is 1. The van der Waals surface area contributed by atoms with Gasteiger partial charge in [0.05, 0.1) is 0 Å². The molecular weight excluding hydrogens is 292 g/mol. The van der Waals surface area contributed by atoms with Gasteiger partial charge in [-0.3, -0.25) is 4.79 Å². The molecule has 1 aromatic rings. The summed E-state index contributed by atoms with van der Waals surface area (Å²) in [5.74, 6) is 2.63. The van der Waals surface area contributed by atoms with Crippen LogP contribution in [0.5, 0.6) is 0 Å². The van der Waals surface area contributed by atoms with Gasteiger partial charge in [-0.1, -0.05) is 37.5 Å². The average molecular weight is 316 g/mol. The van der Waals surface area contributed by atoms with Crippen LogP contribution < -0.4 is 0 Å². The van der Waals surface area contributed by atoms with Crippen LogP contribution in [0.4, 0.5) is 0 Å². The molecule has 0 bridgehead atoms. The van der Waals surface area contributed by atoms with Gasteiger partial charge in [0.15, 0.2) is 0 Å². The summed E-state index contributed by atoms with van der Waals surface area (Å²) in [6, 6.07) is 10.2. The number of cyclic esters (lactones) is 1. The van der Waals surface area contributed by atoms with E-state index in [1.807, 2.05) is 25.1 Å². The Morgan fingerprint density at radius 3 is 2.64 bits per heavy atom. The summed E-state index contributed by atoms with van der Waals surface area (Å²) >= 11 is 1.67. The van der Waals surface area contributed by atoms with Gasteiger partial charge >= 0.3 is 5.97 Å². The number of terminal acetylenes is 1. The molecule has 0 amide bonds. The van der Waals surface area contributed by atoms with Crippen LogP contribution in [0.25, 0.3) is 0 Å². The zero-order valence-electron chi connectivity index (χ0n) is 13.2. The van der Waals surface area contributed by atoms with E-state index in [0.29, 0.717) is 0 Å². The molecule has 0 spiro atoms. The van der Waals surface area contributed by atoms with Crippen LogP contribution in [0, 0.1) is 12.3 Å². The van der Waals surface area contributed by atoms with E-state index in [1.54, 1.807) is 11.8 Å². The highest BCUT2D eigenvalue weighted by atomic mass is 32.2. The van der Waals surface area contributed by atoms with Gasteiger partial charge in [-0.15, -0.1) is 24.1 Å². The van der Waals surface area contributed by atoms with Gasteiger partial charge in [0.25, 0.3) is 0 Å². The molecular formula is C19H24O2S. The van der Waals surface area contributed by atoms with Gasteiger partial charge in [0.2, 0.25) is 0 Å². The van der Waals surface area contributed by atoms with Crippen molar-refractivity contribution >= 4 is 17.7 Å². The van der Waals surface area contributed by atoms with E-state index in [4.69, 9.17) is 11.2 Å². The Labute approximate surface area is 138 Å². The molecule has 1 aliphatic heterocycles. The average Bonchev–Trinajstić information content (AvgIpc) is 2.78. The lowest BCUT2D eigenvalue weighted by molar-refractivity contribution is -0.142. The van der Waals surface area contributed by atoms with E-state index < -0.39 is 4.75 Å². The molecule has 1 fully saturated rings. The maximum Gasteiger partial charge on any atom is 0.322 e. The monoisotopic (exact) mass is 316 g/mol. The van der Waals surface area contributed by atoms with E-state index >= 15 is 0 Å². The summed E-state index contributed by atoms with van der Waals surface area (Å²) in [6.07, 6.45) is 12.2. The smallest absolute Gasteiger partial charge is 0.322 e. The molecule has 22 heavy (non-hydrogen) atoms. The molecule has 0 saturated carbocycles. The van der Waals surface area contributed by atoms with Gasteiger partial charge in [-0.2, -0.15) is 0 Å². The van der Waals surface area contributed by atoms with E-state index in [2.05, 4.69) is 18.1 Å². The zero-order chi connectivity index (χ0) is 15.8. The highest BCUT2D eigenvalue weighted by Gasteiger charge is 2.48. The van der Waals surface area contributed by atoms with Gasteiger partial charge < -0.3 is 4.74 Å². The Bertz CT molecular complexity index is 520. The molecule has 2 rings (SSSR count). The first kappa shape index (κ1) is 17.0. The molecule has 2 nitrogen and oxygen atoms in total. The van der Waals surface area contributed by atoms with Crippen molar-refractivity contribution in [3.05, 3.63) is 30.3 Å². The first-order valence-corrected chi connectivity index (χ1v) is 8.86. The number of carbonyl (C=O) groups excluding carboxylic acids is 1. The van der Waals surface area contributed by atoms with Crippen molar-refractivity contribution in [1.82, 2.24) is 0 Å². The Morgan fingerprint density at radius 2 is 2.00 bits per heavy atom. The summed E-state index contributed by atoms with van der Waals surface area (Å²) in [6.45, 7) is 1.98. The molecule has 0 unspecified atom stereocenters. The van der Waals surface area contributed by atoms with Crippen LogP contribution in [0.15, 0.2) is 35.2 Å². The van der Waals surface area contributed by atoms with Crippen molar-refractivity contribution in [2.75, 3.05) is 0 Å². The standard InChI is InChI=1S/C19H24O2S/c1-3-4-5-6-7-11-14-19(15-16(2)21-18(19)20)22-17-12-9-8-10-13-17/h1,8-10,12-13,16H,4-7,11,14-15H2,2H3/t16-,19+/m0/s1. The third-order valence-corrected chi connectivity index (χ3v) is 5.44. The molecule has 1 aromatic carbocycles. The second-order valence-corrected chi connectivity index (χ2v) is 7.40. The zero-order valence-corrected chi connectivity index (χ0v) is 14.0. The van der Waals surface area contributed by atoms with Gasteiger partial charge in [-0.05, 0) is 31.9 Å². The number of benzene rings is 1. The molecule has 118 valence electrons. The van der Waals surface area contributed by atoms with E-state index in [-0.39, 0.29) is 12.1 Å². The highest BCUT2D eigenvalue weighted by Crippen LogP contribution is 2.45. The minimum atomic E-state index is -0.410. The first-order valence-electron chi connectivity index (χ1n) is 8.05. The normalized spacial score (nSPS) is 24.0. The largest absolute Gasteiger partial charge is 0.462 e. The van der Waals surface area contributed by atoms with Crippen molar-refractivity contribution in [2.24, 2.45) is 0 Å². The van der Waals surface area contributed by atoms with Gasteiger partial charge in [-0.25, -0.2) is 0 Å². The van der Waals surface area contributed by atoms with Crippen molar-refractivity contribution in [3.63, 3.8) is 0 Å². The maximum atomic E-state index is 12.4. The highest BCUT2D eigenvalue weighted by molar-refractivity contribution is 8.01. The number of thioether (sulfide) groups is 1. The van der Waals surface area contributed by atoms with Crippen LogP contribution in [-0.2, 0) is 9.53 Å². The molecule has 0 aliphatic carbocycles. The minimum Gasteiger partial charge on any atom is -0.462 e. The van der Waals surface area contributed by atoms with Crippen molar-refractivity contribution in [1.29, 1.82) is 0 Å². The fraction of sp³-hybridized carbons (Fsp3) is 0.526.